The lowest BCUT2D eigenvalue weighted by Crippen LogP contribution is -2.46. The van der Waals surface area contributed by atoms with E-state index in [1.807, 2.05) is 27.7 Å². The zero-order chi connectivity index (χ0) is 23.5. The fourth-order valence-corrected chi connectivity index (χ4v) is 4.63. The van der Waals surface area contributed by atoms with Crippen LogP contribution in [0.5, 0.6) is 0 Å². The highest BCUT2D eigenvalue weighted by Gasteiger charge is 2.54. The second-order valence-corrected chi connectivity index (χ2v) is 7.77. The maximum atomic E-state index is 9.09. The Bertz CT molecular complexity index is 472. The molecule has 7 heteroatoms. The molecule has 0 aromatic rings. The third kappa shape index (κ3) is 6.99. The van der Waals surface area contributed by atoms with E-state index in [0.29, 0.717) is 6.10 Å². The van der Waals surface area contributed by atoms with Crippen LogP contribution in [0.1, 0.15) is 73.6 Å². The number of fused-ring (bicyclic) bond motifs is 1. The van der Waals surface area contributed by atoms with E-state index in [0.717, 1.165) is 11.8 Å². The maximum absolute atomic E-state index is 9.09. The topological polar surface area (TPSA) is 120 Å². The molecule has 7 unspecified atom stereocenters. The summed E-state index contributed by atoms with van der Waals surface area (Å²) in [7, 11) is 1.22. The van der Waals surface area contributed by atoms with Crippen molar-refractivity contribution in [2.24, 2.45) is 11.8 Å². The van der Waals surface area contributed by atoms with Crippen LogP contribution in [0, 0.1) is 11.8 Å². The number of aliphatic hydroxyl groups is 5. The normalized spacial score (nSPS) is 32.0. The summed E-state index contributed by atoms with van der Waals surface area (Å²) < 4.78 is 10.9. The first-order valence-electron chi connectivity index (χ1n) is 11.5. The van der Waals surface area contributed by atoms with Crippen molar-refractivity contribution in [2.75, 3.05) is 13.7 Å². The number of hydrogen-bond donors (Lipinski definition) is 5. The van der Waals surface area contributed by atoms with Gasteiger partial charge in [-0.05, 0) is 63.4 Å². The SMILES string of the molecule is CC.CC.CC1=CCCC2CCC3CC12OC3C.COC(CO)C(O)C(O)C(O)O. The molecule has 1 aliphatic heterocycles. The lowest BCUT2D eigenvalue weighted by Gasteiger charge is -2.43. The predicted molar refractivity (Wildman–Crippen MR) is 118 cm³/mol. The van der Waals surface area contributed by atoms with Gasteiger partial charge in [-0.3, -0.25) is 0 Å². The minimum Gasteiger partial charge on any atom is -0.394 e. The van der Waals surface area contributed by atoms with Crippen LogP contribution in [-0.2, 0) is 9.47 Å². The lowest BCUT2D eigenvalue weighted by atomic mass is 9.65. The zero-order valence-electron chi connectivity index (χ0n) is 19.9. The van der Waals surface area contributed by atoms with E-state index in [-0.39, 0.29) is 5.60 Å². The molecule has 5 N–H and O–H groups in total. The molecule has 180 valence electrons. The van der Waals surface area contributed by atoms with Crippen LogP contribution < -0.4 is 0 Å². The molecule has 7 atom stereocenters. The highest BCUT2D eigenvalue weighted by molar-refractivity contribution is 5.24. The van der Waals surface area contributed by atoms with Gasteiger partial charge in [0.05, 0.1) is 18.3 Å². The first-order valence-corrected chi connectivity index (χ1v) is 11.5. The van der Waals surface area contributed by atoms with Crippen molar-refractivity contribution in [1.29, 1.82) is 0 Å². The van der Waals surface area contributed by atoms with Crippen LogP contribution in [-0.4, -0.2) is 75.6 Å². The van der Waals surface area contributed by atoms with Gasteiger partial charge in [-0.1, -0.05) is 33.8 Å². The van der Waals surface area contributed by atoms with Gasteiger partial charge in [0.25, 0.3) is 0 Å². The van der Waals surface area contributed by atoms with Crippen molar-refractivity contribution in [3.8, 4) is 0 Å². The van der Waals surface area contributed by atoms with Gasteiger partial charge < -0.3 is 35.0 Å². The van der Waals surface area contributed by atoms with Gasteiger partial charge in [0, 0.05) is 7.11 Å². The molecule has 0 aromatic carbocycles. The molecule has 3 rings (SSSR count). The molecular weight excluding hydrogens is 388 g/mol. The molecule has 1 saturated carbocycles. The number of methoxy groups -OCH3 is 1. The second-order valence-electron chi connectivity index (χ2n) is 7.77. The van der Waals surface area contributed by atoms with Gasteiger partial charge in [-0.15, -0.1) is 0 Å². The van der Waals surface area contributed by atoms with Gasteiger partial charge in [0.2, 0.25) is 0 Å². The van der Waals surface area contributed by atoms with Crippen LogP contribution >= 0.6 is 0 Å². The molecule has 2 fully saturated rings. The van der Waals surface area contributed by atoms with Crippen molar-refractivity contribution in [2.45, 2.75) is 110 Å². The summed E-state index contributed by atoms with van der Waals surface area (Å²) >= 11 is 0. The van der Waals surface area contributed by atoms with E-state index in [1.54, 1.807) is 0 Å². The molecule has 2 bridgehead atoms. The Morgan fingerprint density at radius 2 is 1.67 bits per heavy atom. The fraction of sp³-hybridized carbons (Fsp3) is 0.913. The smallest absolute Gasteiger partial charge is 0.180 e. The standard InChI is InChI=1S/C13H20O.C6H14O6.2C2H6/c1-9-4-3-5-12-7-6-11-8-13(9,12)14-10(11)2;1-12-3(2-7)4(8)5(9)6(10)11;2*1-2/h4,10-12H,3,5-8H2,1-2H3;3-11H,2H2,1H3;2*1-2H3. The van der Waals surface area contributed by atoms with E-state index in [9.17, 15) is 0 Å². The van der Waals surface area contributed by atoms with Gasteiger partial charge in [-0.25, -0.2) is 0 Å². The van der Waals surface area contributed by atoms with Gasteiger partial charge in [0.1, 0.15) is 18.3 Å². The minimum absolute atomic E-state index is 0.181. The molecule has 2 aliphatic carbocycles. The third-order valence-electron chi connectivity index (χ3n) is 6.32. The summed E-state index contributed by atoms with van der Waals surface area (Å²) in [6.07, 6.45) is 3.31. The molecule has 0 amide bonds. The highest BCUT2D eigenvalue weighted by atomic mass is 16.5. The molecule has 30 heavy (non-hydrogen) atoms. The molecule has 1 saturated heterocycles. The van der Waals surface area contributed by atoms with E-state index >= 15 is 0 Å². The Morgan fingerprint density at radius 1 is 1.07 bits per heavy atom. The summed E-state index contributed by atoms with van der Waals surface area (Å²) in [5, 5.41) is 43.4. The average Bonchev–Trinajstić information content (AvgIpc) is 3.03. The molecule has 1 heterocycles. The lowest BCUT2D eigenvalue weighted by molar-refractivity contribution is -0.184. The molecule has 1 spiro atoms. The van der Waals surface area contributed by atoms with Crippen molar-refractivity contribution >= 4 is 0 Å². The van der Waals surface area contributed by atoms with Gasteiger partial charge in [0.15, 0.2) is 6.29 Å². The number of aliphatic hydroxyl groups excluding tert-OH is 4. The monoisotopic (exact) mass is 434 g/mol. The molecule has 0 aromatic heterocycles. The average molecular weight is 435 g/mol. The summed E-state index contributed by atoms with van der Waals surface area (Å²) in [5.41, 5.74) is 1.71. The van der Waals surface area contributed by atoms with Crippen molar-refractivity contribution < 1.29 is 35.0 Å². The Hall–Kier alpha value is -0.540. The van der Waals surface area contributed by atoms with Crippen molar-refractivity contribution in [1.82, 2.24) is 0 Å². The summed E-state index contributed by atoms with van der Waals surface area (Å²) in [5.74, 6) is 1.67. The number of rotatable bonds is 5. The van der Waals surface area contributed by atoms with Crippen LogP contribution in [0.25, 0.3) is 0 Å². The van der Waals surface area contributed by atoms with E-state index in [2.05, 4.69) is 24.7 Å². The molecule has 3 aliphatic rings. The van der Waals surface area contributed by atoms with Gasteiger partial charge >= 0.3 is 0 Å². The van der Waals surface area contributed by atoms with Crippen LogP contribution in [0.15, 0.2) is 11.6 Å². The molecule has 7 nitrogen and oxygen atoms in total. The fourth-order valence-electron chi connectivity index (χ4n) is 4.63. The Kier molecular flexibility index (Phi) is 14.2. The maximum Gasteiger partial charge on any atom is 0.180 e. The van der Waals surface area contributed by atoms with Crippen molar-refractivity contribution in [3.05, 3.63) is 11.6 Å². The third-order valence-corrected chi connectivity index (χ3v) is 6.32. The van der Waals surface area contributed by atoms with E-state index < -0.39 is 31.2 Å². The van der Waals surface area contributed by atoms with Crippen LogP contribution in [0.3, 0.4) is 0 Å². The van der Waals surface area contributed by atoms with Crippen LogP contribution in [0.2, 0.25) is 0 Å². The predicted octanol–water partition coefficient (Wildman–Crippen LogP) is 2.38. The van der Waals surface area contributed by atoms with E-state index in [1.165, 1.54) is 44.8 Å². The zero-order valence-corrected chi connectivity index (χ0v) is 19.9. The number of hydrogen-bond acceptors (Lipinski definition) is 7. The number of ether oxygens (including phenoxy) is 2. The van der Waals surface area contributed by atoms with Crippen molar-refractivity contribution in [3.63, 3.8) is 0 Å². The second kappa shape index (κ2) is 14.5. The summed E-state index contributed by atoms with van der Waals surface area (Å²) in [6.45, 7) is 12.0. The van der Waals surface area contributed by atoms with Crippen LogP contribution in [0.4, 0.5) is 0 Å². The van der Waals surface area contributed by atoms with E-state index in [4.69, 9.17) is 30.3 Å². The molecule has 0 radical (unpaired) electrons. The first kappa shape index (κ1) is 29.5. The molecular formula is C23H46O7. The Balaban J connectivity index is 0.000000488. The largest absolute Gasteiger partial charge is 0.394 e. The highest BCUT2D eigenvalue weighted by Crippen LogP contribution is 2.55. The quantitative estimate of drug-likeness (QED) is 0.333. The Morgan fingerprint density at radius 3 is 2.17 bits per heavy atom. The van der Waals surface area contributed by atoms with Gasteiger partial charge in [-0.2, -0.15) is 0 Å². The number of allylic oxidation sites excluding steroid dienone is 1. The Labute approximate surface area is 182 Å². The summed E-state index contributed by atoms with van der Waals surface area (Å²) in [4.78, 5) is 0. The minimum atomic E-state index is -2.05. The summed E-state index contributed by atoms with van der Waals surface area (Å²) in [6, 6.07) is 0. The first-order chi connectivity index (χ1) is 14.3.